The number of nitrogens with zero attached hydrogens (tertiary/aromatic N) is 5. The normalized spacial score (nSPS) is 9.94. The fraction of sp³-hybridized carbons (Fsp3) is 0.423. The summed E-state index contributed by atoms with van der Waals surface area (Å²) in [5, 5.41) is 12.0. The number of hydrogen-bond donors (Lipinski definition) is 0. The standard InChI is InChI=1S/C22H25N3.2C2H6N.Zr/c1-15(2)18-9-6-10-19(16(3)4)22(18)24-14-17-8-5-11-21(25-17)20-12-7-13-23-20;2*1-3-2;/h5-13,15-16H,14H2,1-4H3;2*1-2H3;/q-2;2*-1;+4. The third kappa shape index (κ3) is 9.81. The van der Waals surface area contributed by atoms with E-state index in [1.54, 1.807) is 34.4 Å². The molecule has 5 nitrogen and oxygen atoms in total. The van der Waals surface area contributed by atoms with Crippen molar-refractivity contribution in [2.45, 2.75) is 46.1 Å². The van der Waals surface area contributed by atoms with Crippen LogP contribution in [-0.2, 0) is 32.7 Å². The van der Waals surface area contributed by atoms with E-state index in [0.29, 0.717) is 18.4 Å². The van der Waals surface area contributed by atoms with Gasteiger partial charge in [-0.3, -0.25) is 4.98 Å². The van der Waals surface area contributed by atoms with Crippen LogP contribution in [-0.4, -0.2) is 33.2 Å². The van der Waals surface area contributed by atoms with Gasteiger partial charge in [-0.2, -0.15) is 34.4 Å². The van der Waals surface area contributed by atoms with Crippen molar-refractivity contribution in [3.63, 3.8) is 0 Å². The average Bonchev–Trinajstić information content (AvgIpc) is 3.28. The van der Waals surface area contributed by atoms with Crippen LogP contribution in [0.15, 0.2) is 54.7 Å². The third-order valence-electron chi connectivity index (χ3n) is 4.36. The van der Waals surface area contributed by atoms with Crippen molar-refractivity contribution in [2.75, 3.05) is 28.2 Å². The molecule has 1 aromatic carbocycles. The first-order valence-corrected chi connectivity index (χ1v) is 10.7. The van der Waals surface area contributed by atoms with Crippen LogP contribution in [0.25, 0.3) is 27.3 Å². The van der Waals surface area contributed by atoms with Crippen molar-refractivity contribution in [1.29, 1.82) is 0 Å². The molecule has 0 spiro atoms. The quantitative estimate of drug-likeness (QED) is 0.347. The Kier molecular flexibility index (Phi) is 15.9. The summed E-state index contributed by atoms with van der Waals surface area (Å²) in [4.78, 5) is 9.05. The van der Waals surface area contributed by atoms with E-state index in [1.165, 1.54) is 11.1 Å². The van der Waals surface area contributed by atoms with Gasteiger partial charge in [-0.15, -0.1) is 11.4 Å². The van der Waals surface area contributed by atoms with Gasteiger partial charge >= 0.3 is 26.2 Å². The van der Waals surface area contributed by atoms with Crippen molar-refractivity contribution in [1.82, 2.24) is 9.97 Å². The van der Waals surface area contributed by atoms with Gasteiger partial charge in [-0.25, -0.2) is 0 Å². The second-order valence-corrected chi connectivity index (χ2v) is 7.84. The SMILES string of the molecule is CC(C)c1cccc(C(C)C)c1[N-]Cc1cccc(-c2ccc[n-]2)n1.C[N-]C.C[N-]C.[Zr+4]. The number of aromatic nitrogens is 2. The molecule has 0 atom stereocenters. The smallest absolute Gasteiger partial charge is 0.679 e. The van der Waals surface area contributed by atoms with Crippen LogP contribution >= 0.6 is 0 Å². The van der Waals surface area contributed by atoms with E-state index in [9.17, 15) is 0 Å². The Morgan fingerprint density at radius 1 is 0.781 bits per heavy atom. The number of rotatable bonds is 6. The molecule has 3 aromatic rings. The molecule has 0 unspecified atom stereocenters. The van der Waals surface area contributed by atoms with Crippen LogP contribution in [0.3, 0.4) is 0 Å². The van der Waals surface area contributed by atoms with Crippen LogP contribution in [0.2, 0.25) is 0 Å². The minimum atomic E-state index is 0. The number of hydrogen-bond acceptors (Lipinski definition) is 1. The Morgan fingerprint density at radius 3 is 1.78 bits per heavy atom. The Labute approximate surface area is 214 Å². The molecule has 0 saturated carbocycles. The van der Waals surface area contributed by atoms with Crippen LogP contribution in [0, 0.1) is 0 Å². The monoisotopic (exact) mass is 509 g/mol. The minimum absolute atomic E-state index is 0. The van der Waals surface area contributed by atoms with E-state index < -0.39 is 0 Å². The van der Waals surface area contributed by atoms with Crippen molar-refractivity contribution in [2.24, 2.45) is 0 Å². The average molecular weight is 511 g/mol. The molecule has 0 aliphatic heterocycles. The summed E-state index contributed by atoms with van der Waals surface area (Å²) in [5.74, 6) is 0.899. The fourth-order valence-electron chi connectivity index (χ4n) is 3.02. The van der Waals surface area contributed by atoms with Gasteiger partial charge in [-0.1, -0.05) is 81.8 Å². The van der Waals surface area contributed by atoms with Crippen LogP contribution in [0.1, 0.15) is 56.4 Å². The number of pyridine rings is 1. The summed E-state index contributed by atoms with van der Waals surface area (Å²) >= 11 is 0. The summed E-state index contributed by atoms with van der Waals surface area (Å²) < 4.78 is 0. The molecule has 0 aliphatic carbocycles. The fourth-order valence-corrected chi connectivity index (χ4v) is 3.02. The molecule has 2 aromatic heterocycles. The molecule has 0 saturated heterocycles. The zero-order chi connectivity index (χ0) is 23.2. The molecular formula is C26H37N5Zr. The molecule has 0 aliphatic rings. The summed E-state index contributed by atoms with van der Waals surface area (Å²) in [6, 6.07) is 16.5. The van der Waals surface area contributed by atoms with E-state index in [1.807, 2.05) is 30.3 Å². The van der Waals surface area contributed by atoms with E-state index in [0.717, 1.165) is 22.8 Å². The molecule has 170 valence electrons. The Hall–Kier alpha value is -1.75. The molecule has 0 bridgehead atoms. The van der Waals surface area contributed by atoms with E-state index in [-0.39, 0.29) is 26.2 Å². The predicted octanol–water partition coefficient (Wildman–Crippen LogP) is 7.39. The van der Waals surface area contributed by atoms with Gasteiger partial charge in [0.2, 0.25) is 0 Å². The molecule has 0 amide bonds. The summed E-state index contributed by atoms with van der Waals surface area (Å²) in [7, 11) is 7.00. The van der Waals surface area contributed by atoms with Crippen LogP contribution < -0.4 is 4.98 Å². The minimum Gasteiger partial charge on any atom is -0.679 e. The van der Waals surface area contributed by atoms with Gasteiger partial charge in [0.05, 0.1) is 0 Å². The van der Waals surface area contributed by atoms with Crippen molar-refractivity contribution in [3.8, 4) is 11.4 Å². The van der Waals surface area contributed by atoms with Gasteiger partial charge in [0.25, 0.3) is 0 Å². The van der Waals surface area contributed by atoms with Crippen LogP contribution in [0.5, 0.6) is 0 Å². The molecule has 32 heavy (non-hydrogen) atoms. The molecule has 3 rings (SSSR count). The van der Waals surface area contributed by atoms with Crippen molar-refractivity contribution >= 4 is 5.69 Å². The van der Waals surface area contributed by atoms with E-state index in [2.05, 4.69) is 61.5 Å². The maximum atomic E-state index is 4.96. The summed E-state index contributed by atoms with van der Waals surface area (Å²) in [5.41, 5.74) is 6.52. The zero-order valence-corrected chi connectivity index (χ0v) is 23.3. The van der Waals surface area contributed by atoms with Gasteiger partial charge in [0.15, 0.2) is 0 Å². The zero-order valence-electron chi connectivity index (χ0n) is 20.8. The van der Waals surface area contributed by atoms with E-state index >= 15 is 0 Å². The third-order valence-corrected chi connectivity index (χ3v) is 4.36. The largest absolute Gasteiger partial charge is 4.00 e. The van der Waals surface area contributed by atoms with Crippen LogP contribution in [0.4, 0.5) is 5.69 Å². The van der Waals surface area contributed by atoms with Crippen molar-refractivity contribution < 1.29 is 26.2 Å². The maximum Gasteiger partial charge on any atom is 4.00 e. The first-order chi connectivity index (χ1) is 14.9. The molecule has 0 N–H and O–H groups in total. The first-order valence-electron chi connectivity index (χ1n) is 10.7. The Balaban J connectivity index is 0.00000124. The summed E-state index contributed by atoms with van der Waals surface area (Å²) in [6.45, 7) is 9.46. The first kappa shape index (κ1) is 30.3. The predicted molar refractivity (Wildman–Crippen MR) is 135 cm³/mol. The van der Waals surface area contributed by atoms with Gasteiger partial charge in [0.1, 0.15) is 0 Å². The summed E-state index contributed by atoms with van der Waals surface area (Å²) in [6.07, 6.45) is 1.79. The topological polar surface area (TPSA) is 69.3 Å². The maximum absolute atomic E-state index is 4.96. The molecule has 0 fully saturated rings. The Bertz CT molecular complexity index is 832. The van der Waals surface area contributed by atoms with Gasteiger partial charge in [0, 0.05) is 11.4 Å². The second-order valence-electron chi connectivity index (χ2n) is 7.84. The van der Waals surface area contributed by atoms with Crippen molar-refractivity contribution in [3.05, 3.63) is 87.5 Å². The second kappa shape index (κ2) is 16.8. The molecule has 6 heteroatoms. The van der Waals surface area contributed by atoms with Gasteiger partial charge in [-0.05, 0) is 24.0 Å². The Morgan fingerprint density at radius 2 is 1.31 bits per heavy atom. The van der Waals surface area contributed by atoms with Gasteiger partial charge < -0.3 is 20.9 Å². The molecule has 0 radical (unpaired) electrons. The number of para-hydroxylation sites is 1. The molecule has 2 heterocycles. The molecular weight excluding hydrogens is 474 g/mol. The number of benzene rings is 1. The van der Waals surface area contributed by atoms with E-state index in [4.69, 9.17) is 10.3 Å².